The molecule has 1 fully saturated rings. The van der Waals surface area contributed by atoms with Crippen LogP contribution in [0.1, 0.15) is 10.5 Å². The second-order valence-corrected chi connectivity index (χ2v) is 7.36. The zero-order chi connectivity index (χ0) is 21.8. The van der Waals surface area contributed by atoms with E-state index in [0.717, 1.165) is 16.8 Å². The second kappa shape index (κ2) is 9.01. The Morgan fingerprint density at radius 3 is 2.65 bits per heavy atom. The van der Waals surface area contributed by atoms with Gasteiger partial charge in [0.2, 0.25) is 0 Å². The molecule has 3 aromatic rings. The molecule has 1 atom stereocenters. The average Bonchev–Trinajstić information content (AvgIpc) is 2.83. The maximum atomic E-state index is 13.2. The van der Waals surface area contributed by atoms with Crippen molar-refractivity contribution in [3.8, 4) is 16.9 Å². The predicted octanol–water partition coefficient (Wildman–Crippen LogP) is 2.06. The first-order chi connectivity index (χ1) is 15.1. The highest BCUT2D eigenvalue weighted by atomic mass is 16.5. The second-order valence-electron chi connectivity index (χ2n) is 7.36. The number of methoxy groups -OCH3 is 1. The van der Waals surface area contributed by atoms with E-state index in [9.17, 15) is 9.90 Å². The van der Waals surface area contributed by atoms with Gasteiger partial charge in [0, 0.05) is 37.5 Å². The fraction of sp³-hybridized carbons (Fsp3) is 0.261. The first-order valence-corrected chi connectivity index (χ1v) is 10.1. The summed E-state index contributed by atoms with van der Waals surface area (Å²) in [6, 6.07) is 14.7. The summed E-state index contributed by atoms with van der Waals surface area (Å²) in [7, 11) is 1.58. The van der Waals surface area contributed by atoms with Crippen molar-refractivity contribution in [3.63, 3.8) is 0 Å². The number of nitrogen functional groups attached to an aromatic ring is 1. The van der Waals surface area contributed by atoms with Crippen LogP contribution in [0.15, 0.2) is 60.9 Å². The molecule has 1 amide bonds. The molecule has 1 unspecified atom stereocenters. The number of carbonyl (C=O) groups excluding carboxylic acids is 1. The maximum absolute atomic E-state index is 13.2. The molecule has 0 saturated carbocycles. The van der Waals surface area contributed by atoms with E-state index in [1.165, 1.54) is 0 Å². The molecule has 2 aromatic heterocycles. The molecule has 8 heteroatoms. The van der Waals surface area contributed by atoms with Gasteiger partial charge in [0.15, 0.2) is 0 Å². The summed E-state index contributed by atoms with van der Waals surface area (Å²) in [5.41, 5.74) is 8.65. The number of ether oxygens (including phenoxy) is 1. The highest BCUT2D eigenvalue weighted by molar-refractivity contribution is 5.94. The van der Waals surface area contributed by atoms with Gasteiger partial charge in [-0.3, -0.25) is 9.78 Å². The standard InChI is InChI=1S/C23H25N5O3/c1-31-21-11-20(25-13-19(21)16-5-3-2-4-6-16)23(30)28-10-9-27(14-18(28)15-29)17-7-8-22(24)26-12-17/h2-8,11-13,18,29H,9-10,14-15H2,1H3,(H2,24,26). The molecule has 3 N–H and O–H groups in total. The minimum Gasteiger partial charge on any atom is -0.496 e. The number of piperazine rings is 1. The number of aliphatic hydroxyl groups excluding tert-OH is 1. The third-order valence-corrected chi connectivity index (χ3v) is 5.48. The Morgan fingerprint density at radius 1 is 1.16 bits per heavy atom. The lowest BCUT2D eigenvalue weighted by molar-refractivity contribution is 0.0559. The lowest BCUT2D eigenvalue weighted by Gasteiger charge is -2.41. The van der Waals surface area contributed by atoms with Gasteiger partial charge in [-0.2, -0.15) is 0 Å². The number of aliphatic hydroxyl groups is 1. The number of amides is 1. The first-order valence-electron chi connectivity index (χ1n) is 10.1. The van der Waals surface area contributed by atoms with Gasteiger partial charge in [-0.15, -0.1) is 0 Å². The first kappa shape index (κ1) is 20.6. The number of rotatable bonds is 5. The number of benzene rings is 1. The Kier molecular flexibility index (Phi) is 5.99. The van der Waals surface area contributed by atoms with E-state index in [2.05, 4.69) is 14.9 Å². The number of nitrogens with two attached hydrogens (primary N) is 1. The van der Waals surface area contributed by atoms with Gasteiger partial charge in [-0.05, 0) is 17.7 Å². The molecule has 1 aliphatic heterocycles. The highest BCUT2D eigenvalue weighted by Crippen LogP contribution is 2.30. The Hall–Kier alpha value is -3.65. The number of hydrogen-bond acceptors (Lipinski definition) is 7. The zero-order valence-electron chi connectivity index (χ0n) is 17.3. The molecule has 8 nitrogen and oxygen atoms in total. The molecular weight excluding hydrogens is 394 g/mol. The van der Waals surface area contributed by atoms with Crippen LogP contribution in [0.2, 0.25) is 0 Å². The Balaban J connectivity index is 1.54. The maximum Gasteiger partial charge on any atom is 0.273 e. The van der Waals surface area contributed by atoms with Crippen LogP contribution in [0, 0.1) is 0 Å². The van der Waals surface area contributed by atoms with Crippen molar-refractivity contribution in [2.45, 2.75) is 6.04 Å². The van der Waals surface area contributed by atoms with Crippen molar-refractivity contribution >= 4 is 17.4 Å². The topological polar surface area (TPSA) is 105 Å². The molecule has 4 rings (SSSR count). The number of aromatic nitrogens is 2. The van der Waals surface area contributed by atoms with E-state index in [1.807, 2.05) is 36.4 Å². The van der Waals surface area contributed by atoms with Gasteiger partial charge in [0.05, 0.1) is 31.6 Å². The molecule has 31 heavy (non-hydrogen) atoms. The molecule has 3 heterocycles. The van der Waals surface area contributed by atoms with Crippen LogP contribution in [0.25, 0.3) is 11.1 Å². The number of anilines is 2. The molecule has 0 spiro atoms. The molecule has 160 valence electrons. The summed E-state index contributed by atoms with van der Waals surface area (Å²) < 4.78 is 5.53. The van der Waals surface area contributed by atoms with Crippen LogP contribution in [0.4, 0.5) is 11.5 Å². The van der Waals surface area contributed by atoms with E-state index in [1.54, 1.807) is 36.5 Å². The number of nitrogens with zero attached hydrogens (tertiary/aromatic N) is 4. The minimum absolute atomic E-state index is 0.149. The Morgan fingerprint density at radius 2 is 1.97 bits per heavy atom. The van der Waals surface area contributed by atoms with Crippen LogP contribution >= 0.6 is 0 Å². The molecule has 1 aromatic carbocycles. The summed E-state index contributed by atoms with van der Waals surface area (Å²) in [5, 5.41) is 9.96. The normalized spacial score (nSPS) is 16.3. The van der Waals surface area contributed by atoms with Crippen LogP contribution in [-0.2, 0) is 0 Å². The van der Waals surface area contributed by atoms with Crippen LogP contribution in [0.5, 0.6) is 5.75 Å². The summed E-state index contributed by atoms with van der Waals surface area (Å²) >= 11 is 0. The van der Waals surface area contributed by atoms with E-state index >= 15 is 0 Å². The summed E-state index contributed by atoms with van der Waals surface area (Å²) in [6.07, 6.45) is 3.36. The van der Waals surface area contributed by atoms with E-state index in [-0.39, 0.29) is 24.2 Å². The van der Waals surface area contributed by atoms with Crippen molar-refractivity contribution in [1.82, 2.24) is 14.9 Å². The van der Waals surface area contributed by atoms with Crippen molar-refractivity contribution in [2.24, 2.45) is 0 Å². The number of pyridine rings is 2. The summed E-state index contributed by atoms with van der Waals surface area (Å²) in [5.74, 6) is 0.805. The summed E-state index contributed by atoms with van der Waals surface area (Å²) in [4.78, 5) is 25.5. The molecule has 1 aliphatic rings. The van der Waals surface area contributed by atoms with E-state index in [4.69, 9.17) is 10.5 Å². The number of carbonyl (C=O) groups is 1. The zero-order valence-corrected chi connectivity index (χ0v) is 17.3. The highest BCUT2D eigenvalue weighted by Gasteiger charge is 2.32. The molecule has 0 radical (unpaired) electrons. The van der Waals surface area contributed by atoms with E-state index in [0.29, 0.717) is 31.2 Å². The van der Waals surface area contributed by atoms with Crippen LogP contribution < -0.4 is 15.4 Å². The smallest absolute Gasteiger partial charge is 0.273 e. The van der Waals surface area contributed by atoms with E-state index < -0.39 is 0 Å². The van der Waals surface area contributed by atoms with Crippen molar-refractivity contribution in [3.05, 3.63) is 66.6 Å². The van der Waals surface area contributed by atoms with Crippen LogP contribution in [0.3, 0.4) is 0 Å². The fourth-order valence-electron chi connectivity index (χ4n) is 3.80. The molecule has 0 aliphatic carbocycles. The van der Waals surface area contributed by atoms with Crippen LogP contribution in [-0.4, -0.2) is 65.3 Å². The van der Waals surface area contributed by atoms with Gasteiger partial charge < -0.3 is 25.4 Å². The Labute approximate surface area is 180 Å². The van der Waals surface area contributed by atoms with Crippen molar-refractivity contribution in [1.29, 1.82) is 0 Å². The molecule has 0 bridgehead atoms. The largest absolute Gasteiger partial charge is 0.496 e. The fourth-order valence-corrected chi connectivity index (χ4v) is 3.80. The summed E-state index contributed by atoms with van der Waals surface area (Å²) in [6.45, 7) is 1.42. The molecule has 1 saturated heterocycles. The quantitative estimate of drug-likeness (QED) is 0.652. The van der Waals surface area contributed by atoms with Crippen molar-refractivity contribution < 1.29 is 14.6 Å². The monoisotopic (exact) mass is 419 g/mol. The lowest BCUT2D eigenvalue weighted by atomic mass is 10.1. The average molecular weight is 419 g/mol. The van der Waals surface area contributed by atoms with Gasteiger partial charge in [-0.25, -0.2) is 4.98 Å². The third-order valence-electron chi connectivity index (χ3n) is 5.48. The third kappa shape index (κ3) is 4.29. The van der Waals surface area contributed by atoms with Gasteiger partial charge in [0.25, 0.3) is 5.91 Å². The Bertz CT molecular complexity index is 1040. The van der Waals surface area contributed by atoms with Gasteiger partial charge in [-0.1, -0.05) is 30.3 Å². The van der Waals surface area contributed by atoms with Gasteiger partial charge >= 0.3 is 0 Å². The van der Waals surface area contributed by atoms with Gasteiger partial charge in [0.1, 0.15) is 17.3 Å². The lowest BCUT2D eigenvalue weighted by Crippen LogP contribution is -2.57. The number of hydrogen-bond donors (Lipinski definition) is 2. The molecular formula is C23H25N5O3. The SMILES string of the molecule is COc1cc(C(=O)N2CCN(c3ccc(N)nc3)CC2CO)ncc1-c1ccccc1. The predicted molar refractivity (Wildman–Crippen MR) is 119 cm³/mol. The minimum atomic E-state index is -0.361. The van der Waals surface area contributed by atoms with Crippen molar-refractivity contribution in [2.75, 3.05) is 44.0 Å².